The molecule has 2 aromatic rings. The van der Waals surface area contributed by atoms with E-state index in [1.165, 1.54) is 9.87 Å². The first kappa shape index (κ1) is 24.0. The maximum absolute atomic E-state index is 13.0. The van der Waals surface area contributed by atoms with Gasteiger partial charge < -0.3 is 0 Å². The smallest absolute Gasteiger partial charge is 0.296 e. The number of nitrogens with zero attached hydrogens (tertiary/aromatic N) is 2. The van der Waals surface area contributed by atoms with Crippen LogP contribution in [0.4, 0.5) is 13.2 Å². The Morgan fingerprint density at radius 3 is 1.97 bits per heavy atom. The lowest BCUT2D eigenvalue weighted by molar-refractivity contribution is -0.137. The van der Waals surface area contributed by atoms with Crippen molar-refractivity contribution in [2.75, 3.05) is 26.2 Å². The molecule has 1 fully saturated rings. The first-order valence-corrected chi connectivity index (χ1v) is 11.8. The lowest BCUT2D eigenvalue weighted by Gasteiger charge is -2.34. The second kappa shape index (κ2) is 8.73. The Balaban J connectivity index is 1.68. The summed E-state index contributed by atoms with van der Waals surface area (Å²) in [5.41, 5.74) is 1.41. The van der Waals surface area contributed by atoms with E-state index in [0.29, 0.717) is 25.7 Å². The van der Waals surface area contributed by atoms with Gasteiger partial charge >= 0.3 is 6.18 Å². The molecule has 1 aliphatic rings. The van der Waals surface area contributed by atoms with Gasteiger partial charge in [-0.3, -0.25) is 4.90 Å². The van der Waals surface area contributed by atoms with Gasteiger partial charge in [0.25, 0.3) is 0 Å². The molecule has 0 amide bonds. The Morgan fingerprint density at radius 2 is 1.45 bits per heavy atom. The Kier molecular flexibility index (Phi) is 6.77. The third-order valence-electron chi connectivity index (χ3n) is 5.43. The number of halogens is 4. The summed E-state index contributed by atoms with van der Waals surface area (Å²) < 4.78 is 66.1. The van der Waals surface area contributed by atoms with Crippen LogP contribution in [0, 0.1) is 0 Å². The van der Waals surface area contributed by atoms with Crippen molar-refractivity contribution in [1.82, 2.24) is 9.21 Å². The lowest BCUT2D eigenvalue weighted by Crippen LogP contribution is -2.48. The van der Waals surface area contributed by atoms with Gasteiger partial charge in [0.15, 0.2) is 0 Å². The van der Waals surface area contributed by atoms with Crippen LogP contribution in [0.15, 0.2) is 47.4 Å². The summed E-state index contributed by atoms with van der Waals surface area (Å²) in [4.78, 5) is 1.63. The van der Waals surface area contributed by atoms with E-state index in [1.807, 2.05) is 0 Å². The van der Waals surface area contributed by atoms with Crippen LogP contribution < -0.4 is 0 Å². The Morgan fingerprint density at radius 1 is 0.903 bits per heavy atom. The number of benzene rings is 2. The lowest BCUT2D eigenvalue weighted by atomic mass is 9.87. The molecule has 0 aliphatic carbocycles. The second-order valence-electron chi connectivity index (χ2n) is 8.77. The van der Waals surface area contributed by atoms with Crippen molar-refractivity contribution in [2.24, 2.45) is 0 Å². The quantitative estimate of drug-likeness (QED) is 0.614. The van der Waals surface area contributed by atoms with Gasteiger partial charge in [0.05, 0.1) is 10.6 Å². The van der Waals surface area contributed by atoms with Crippen molar-refractivity contribution in [3.05, 3.63) is 64.2 Å². The van der Waals surface area contributed by atoms with Crippen molar-refractivity contribution < 1.29 is 21.6 Å². The molecule has 31 heavy (non-hydrogen) atoms. The van der Waals surface area contributed by atoms with Crippen molar-refractivity contribution in [3.8, 4) is 0 Å². The molecule has 170 valence electrons. The maximum atomic E-state index is 13.0. The molecule has 3 rings (SSSR count). The zero-order valence-corrected chi connectivity index (χ0v) is 19.3. The van der Waals surface area contributed by atoms with E-state index in [0.717, 1.165) is 17.7 Å². The molecule has 1 heterocycles. The van der Waals surface area contributed by atoms with E-state index >= 15 is 0 Å². The number of sulfonamides is 1. The topological polar surface area (TPSA) is 40.6 Å². The van der Waals surface area contributed by atoms with Crippen molar-refractivity contribution in [1.29, 1.82) is 0 Å². The van der Waals surface area contributed by atoms with Crippen LogP contribution in [-0.4, -0.2) is 43.8 Å². The highest BCUT2D eigenvalue weighted by Crippen LogP contribution is 2.34. The monoisotopic (exact) mass is 474 g/mol. The van der Waals surface area contributed by atoms with Gasteiger partial charge in [-0.15, -0.1) is 0 Å². The molecule has 0 unspecified atom stereocenters. The normalized spacial score (nSPS) is 17.1. The molecule has 0 N–H and O–H groups in total. The van der Waals surface area contributed by atoms with Crippen LogP contribution in [0.5, 0.6) is 0 Å². The predicted molar refractivity (Wildman–Crippen MR) is 116 cm³/mol. The number of hydrogen-bond acceptors (Lipinski definition) is 3. The Bertz CT molecular complexity index is 1020. The summed E-state index contributed by atoms with van der Waals surface area (Å²) in [6.07, 6.45) is -4.64. The first-order valence-electron chi connectivity index (χ1n) is 9.97. The number of piperazine rings is 1. The van der Waals surface area contributed by atoms with E-state index in [2.05, 4.69) is 49.9 Å². The fourth-order valence-corrected chi connectivity index (χ4v) is 5.44. The standard InChI is InChI=1S/C22H26ClF3N2O2S/c1-21(2,3)17-6-4-16(5-7-17)15-27-10-12-28(13-11-27)31(29,30)20-14-18(22(24,25)26)8-9-19(20)23/h4-9,14H,10-13,15H2,1-3H3. The third kappa shape index (κ3) is 5.61. The van der Waals surface area contributed by atoms with Gasteiger partial charge in [0, 0.05) is 32.7 Å². The summed E-state index contributed by atoms with van der Waals surface area (Å²) in [7, 11) is -4.12. The largest absolute Gasteiger partial charge is 0.416 e. The van der Waals surface area contributed by atoms with E-state index < -0.39 is 26.7 Å². The molecule has 0 bridgehead atoms. The number of hydrogen-bond donors (Lipinski definition) is 0. The minimum absolute atomic E-state index is 0.0726. The summed E-state index contributed by atoms with van der Waals surface area (Å²) in [6.45, 7) is 8.48. The zero-order valence-electron chi connectivity index (χ0n) is 17.7. The van der Waals surface area contributed by atoms with E-state index in [4.69, 9.17) is 11.6 Å². The van der Waals surface area contributed by atoms with Gasteiger partial charge in [-0.05, 0) is 34.7 Å². The zero-order chi connectivity index (χ0) is 23.0. The summed E-state index contributed by atoms with van der Waals surface area (Å²) in [5.74, 6) is 0. The molecule has 0 saturated carbocycles. The molecule has 0 atom stereocenters. The highest BCUT2D eigenvalue weighted by atomic mass is 35.5. The number of rotatable bonds is 4. The van der Waals surface area contributed by atoms with Crippen molar-refractivity contribution >= 4 is 21.6 Å². The van der Waals surface area contributed by atoms with Gasteiger partial charge in [0.1, 0.15) is 4.90 Å². The predicted octanol–water partition coefficient (Wildman–Crippen LogP) is 5.16. The molecule has 2 aromatic carbocycles. The maximum Gasteiger partial charge on any atom is 0.416 e. The third-order valence-corrected chi connectivity index (χ3v) is 7.81. The second-order valence-corrected chi connectivity index (χ2v) is 11.1. The molecule has 1 aliphatic heterocycles. The summed E-state index contributed by atoms with van der Waals surface area (Å²) >= 11 is 5.95. The van der Waals surface area contributed by atoms with Crippen LogP contribution in [0.1, 0.15) is 37.5 Å². The summed E-state index contributed by atoms with van der Waals surface area (Å²) in [6, 6.07) is 10.7. The fraction of sp³-hybridized carbons (Fsp3) is 0.455. The highest BCUT2D eigenvalue weighted by Gasteiger charge is 2.35. The Labute approximate surface area is 186 Å². The Hall–Kier alpha value is -1.61. The minimum atomic E-state index is -4.64. The molecule has 0 radical (unpaired) electrons. The molecule has 1 saturated heterocycles. The van der Waals surface area contributed by atoms with Gasteiger partial charge in [-0.2, -0.15) is 17.5 Å². The minimum Gasteiger partial charge on any atom is -0.296 e. The SMILES string of the molecule is CC(C)(C)c1ccc(CN2CCN(S(=O)(=O)c3cc(C(F)(F)F)ccc3Cl)CC2)cc1. The van der Waals surface area contributed by atoms with Crippen LogP contribution in [0.3, 0.4) is 0 Å². The van der Waals surface area contributed by atoms with E-state index in [-0.39, 0.29) is 23.5 Å². The molecule has 9 heteroatoms. The van der Waals surface area contributed by atoms with Crippen molar-refractivity contribution in [3.63, 3.8) is 0 Å². The molecule has 0 aromatic heterocycles. The number of alkyl halides is 3. The average molecular weight is 475 g/mol. The average Bonchev–Trinajstić information content (AvgIpc) is 2.67. The van der Waals surface area contributed by atoms with Crippen molar-refractivity contribution in [2.45, 2.75) is 43.8 Å². The van der Waals surface area contributed by atoms with Gasteiger partial charge in [0.2, 0.25) is 10.0 Å². The molecular formula is C22H26ClF3N2O2S. The summed E-state index contributed by atoms with van der Waals surface area (Å²) in [5, 5.41) is -0.214. The van der Waals surface area contributed by atoms with Crippen LogP contribution in [-0.2, 0) is 28.2 Å². The van der Waals surface area contributed by atoms with Crippen LogP contribution >= 0.6 is 11.6 Å². The first-order chi connectivity index (χ1) is 14.3. The molecular weight excluding hydrogens is 449 g/mol. The van der Waals surface area contributed by atoms with Crippen LogP contribution in [0.25, 0.3) is 0 Å². The molecule has 0 spiro atoms. The van der Waals surface area contributed by atoms with Crippen LogP contribution in [0.2, 0.25) is 5.02 Å². The fourth-order valence-electron chi connectivity index (χ4n) is 3.51. The van der Waals surface area contributed by atoms with Gasteiger partial charge in [-0.25, -0.2) is 8.42 Å². The van der Waals surface area contributed by atoms with Gasteiger partial charge in [-0.1, -0.05) is 56.6 Å². The highest BCUT2D eigenvalue weighted by molar-refractivity contribution is 7.89. The van der Waals surface area contributed by atoms with E-state index in [1.54, 1.807) is 0 Å². The van der Waals surface area contributed by atoms with E-state index in [9.17, 15) is 21.6 Å². The molecule has 4 nitrogen and oxygen atoms in total.